The first-order chi connectivity index (χ1) is 10.2. The van der Waals surface area contributed by atoms with Gasteiger partial charge in [0.15, 0.2) is 0 Å². The maximum atomic E-state index is 5.79. The molecule has 21 heavy (non-hydrogen) atoms. The summed E-state index contributed by atoms with van der Waals surface area (Å²) in [5.41, 5.74) is 7.12. The third kappa shape index (κ3) is 9.52. The first-order valence-corrected chi connectivity index (χ1v) is 8.69. The van der Waals surface area contributed by atoms with E-state index in [1.165, 1.54) is 50.5 Å². The lowest BCUT2D eigenvalue weighted by molar-refractivity contribution is 0.304. The second kappa shape index (κ2) is 11.6. The maximum Gasteiger partial charge on any atom is 0.119 e. The number of rotatable bonds is 12. The van der Waals surface area contributed by atoms with Crippen molar-refractivity contribution in [1.29, 1.82) is 0 Å². The molecule has 0 fully saturated rings. The Kier molecular flexibility index (Phi) is 9.98. The van der Waals surface area contributed by atoms with Gasteiger partial charge in [-0.25, -0.2) is 0 Å². The number of hydrogen-bond donors (Lipinski definition) is 1. The van der Waals surface area contributed by atoms with Crippen LogP contribution in [0.2, 0.25) is 0 Å². The van der Waals surface area contributed by atoms with Gasteiger partial charge in [-0.1, -0.05) is 57.6 Å². The van der Waals surface area contributed by atoms with E-state index >= 15 is 0 Å². The summed E-state index contributed by atoms with van der Waals surface area (Å²) in [6.07, 6.45) is 11.4. The quantitative estimate of drug-likeness (QED) is 0.544. The summed E-state index contributed by atoms with van der Waals surface area (Å²) in [5, 5.41) is 0. The molecule has 1 atom stereocenters. The van der Waals surface area contributed by atoms with Gasteiger partial charge in [0.05, 0.1) is 6.61 Å². The highest BCUT2D eigenvalue weighted by molar-refractivity contribution is 5.27. The van der Waals surface area contributed by atoms with Crippen molar-refractivity contribution in [2.24, 2.45) is 5.73 Å². The Hall–Kier alpha value is -1.02. The molecule has 0 saturated carbocycles. The van der Waals surface area contributed by atoms with E-state index < -0.39 is 0 Å². The van der Waals surface area contributed by atoms with Gasteiger partial charge in [-0.15, -0.1) is 0 Å². The molecular formula is C19H33NO. The topological polar surface area (TPSA) is 35.2 Å². The Morgan fingerprint density at radius 2 is 1.57 bits per heavy atom. The van der Waals surface area contributed by atoms with Gasteiger partial charge in [0.2, 0.25) is 0 Å². The van der Waals surface area contributed by atoms with E-state index in [1.54, 1.807) is 0 Å². The molecule has 0 aliphatic carbocycles. The Morgan fingerprint density at radius 1 is 0.952 bits per heavy atom. The van der Waals surface area contributed by atoms with E-state index in [0.29, 0.717) is 0 Å². The van der Waals surface area contributed by atoms with Crippen molar-refractivity contribution in [1.82, 2.24) is 0 Å². The maximum absolute atomic E-state index is 5.79. The minimum absolute atomic E-state index is 0.276. The van der Waals surface area contributed by atoms with Crippen molar-refractivity contribution >= 4 is 0 Å². The molecule has 1 aromatic carbocycles. The lowest BCUT2D eigenvalue weighted by atomic mass is 10.1. The lowest BCUT2D eigenvalue weighted by Gasteiger charge is -2.08. The fraction of sp³-hybridized carbons (Fsp3) is 0.684. The van der Waals surface area contributed by atoms with Crippen molar-refractivity contribution in [3.63, 3.8) is 0 Å². The predicted octanol–water partition coefficient (Wildman–Crippen LogP) is 5.10. The number of nitrogens with two attached hydrogens (primary N) is 1. The number of aryl methyl sites for hydroxylation is 1. The van der Waals surface area contributed by atoms with Crippen LogP contribution in [0.4, 0.5) is 0 Å². The second-order valence-electron chi connectivity index (χ2n) is 6.13. The molecule has 0 spiro atoms. The molecule has 0 bridgehead atoms. The van der Waals surface area contributed by atoms with Gasteiger partial charge in [0, 0.05) is 6.04 Å². The van der Waals surface area contributed by atoms with Gasteiger partial charge >= 0.3 is 0 Å². The molecule has 0 aliphatic heterocycles. The molecule has 1 unspecified atom stereocenters. The Balaban J connectivity index is 2.07. The zero-order chi connectivity index (χ0) is 15.3. The van der Waals surface area contributed by atoms with Crippen molar-refractivity contribution in [3.8, 4) is 5.75 Å². The molecule has 1 rings (SSSR count). The van der Waals surface area contributed by atoms with Gasteiger partial charge < -0.3 is 10.5 Å². The summed E-state index contributed by atoms with van der Waals surface area (Å²) in [5.74, 6) is 0.991. The SMILES string of the molecule is CCCCCCCCCOc1ccc(CCC(C)N)cc1. The van der Waals surface area contributed by atoms with Crippen LogP contribution in [0.25, 0.3) is 0 Å². The van der Waals surface area contributed by atoms with Crippen LogP contribution in [0.1, 0.15) is 70.8 Å². The van der Waals surface area contributed by atoms with Crippen LogP contribution in [-0.4, -0.2) is 12.6 Å². The van der Waals surface area contributed by atoms with Crippen LogP contribution < -0.4 is 10.5 Å². The molecule has 0 heterocycles. The van der Waals surface area contributed by atoms with Crippen LogP contribution in [0.3, 0.4) is 0 Å². The van der Waals surface area contributed by atoms with Crippen LogP contribution in [0.15, 0.2) is 24.3 Å². The predicted molar refractivity (Wildman–Crippen MR) is 91.9 cm³/mol. The summed E-state index contributed by atoms with van der Waals surface area (Å²) in [6, 6.07) is 8.75. The van der Waals surface area contributed by atoms with E-state index in [2.05, 4.69) is 38.1 Å². The zero-order valence-corrected chi connectivity index (χ0v) is 13.9. The standard InChI is InChI=1S/C19H33NO/c1-3-4-5-6-7-8-9-16-21-19-14-12-18(13-15-19)11-10-17(2)20/h12-15,17H,3-11,16,20H2,1-2H3. The summed E-state index contributed by atoms with van der Waals surface area (Å²) in [6.45, 7) is 5.16. The van der Waals surface area contributed by atoms with Crippen LogP contribution in [0.5, 0.6) is 5.75 Å². The summed E-state index contributed by atoms with van der Waals surface area (Å²) < 4.78 is 5.79. The Labute approximate surface area is 131 Å². The minimum Gasteiger partial charge on any atom is -0.494 e. The van der Waals surface area contributed by atoms with Gasteiger partial charge in [0.1, 0.15) is 5.75 Å². The summed E-state index contributed by atoms with van der Waals surface area (Å²) in [4.78, 5) is 0. The molecule has 2 N–H and O–H groups in total. The molecule has 0 aromatic heterocycles. The molecule has 2 heteroatoms. The first-order valence-electron chi connectivity index (χ1n) is 8.69. The fourth-order valence-corrected chi connectivity index (χ4v) is 2.40. The number of hydrogen-bond acceptors (Lipinski definition) is 2. The van der Waals surface area contributed by atoms with Gasteiger partial charge in [0.25, 0.3) is 0 Å². The molecule has 0 saturated heterocycles. The monoisotopic (exact) mass is 291 g/mol. The van der Waals surface area contributed by atoms with Crippen molar-refractivity contribution in [2.75, 3.05) is 6.61 Å². The minimum atomic E-state index is 0.276. The highest BCUT2D eigenvalue weighted by atomic mass is 16.5. The molecular weight excluding hydrogens is 258 g/mol. The summed E-state index contributed by atoms with van der Waals surface area (Å²) >= 11 is 0. The first kappa shape index (κ1) is 18.0. The van der Waals surface area contributed by atoms with Gasteiger partial charge in [-0.05, 0) is 43.9 Å². The average Bonchev–Trinajstić information content (AvgIpc) is 2.49. The Bertz CT molecular complexity index is 345. The zero-order valence-electron chi connectivity index (χ0n) is 13.9. The largest absolute Gasteiger partial charge is 0.494 e. The van der Waals surface area contributed by atoms with E-state index in [1.807, 2.05) is 0 Å². The van der Waals surface area contributed by atoms with Gasteiger partial charge in [-0.3, -0.25) is 0 Å². The highest BCUT2D eigenvalue weighted by Crippen LogP contribution is 2.15. The Morgan fingerprint density at radius 3 is 2.19 bits per heavy atom. The third-order valence-corrected chi connectivity index (χ3v) is 3.83. The number of ether oxygens (including phenoxy) is 1. The van der Waals surface area contributed by atoms with Crippen molar-refractivity contribution in [3.05, 3.63) is 29.8 Å². The lowest BCUT2D eigenvalue weighted by Crippen LogP contribution is -2.15. The van der Waals surface area contributed by atoms with Crippen LogP contribution in [-0.2, 0) is 6.42 Å². The van der Waals surface area contributed by atoms with E-state index in [4.69, 9.17) is 10.5 Å². The number of benzene rings is 1. The van der Waals surface area contributed by atoms with E-state index in [9.17, 15) is 0 Å². The van der Waals surface area contributed by atoms with Gasteiger partial charge in [-0.2, -0.15) is 0 Å². The van der Waals surface area contributed by atoms with Crippen molar-refractivity contribution in [2.45, 2.75) is 77.7 Å². The third-order valence-electron chi connectivity index (χ3n) is 3.83. The van der Waals surface area contributed by atoms with Crippen molar-refractivity contribution < 1.29 is 4.74 Å². The molecule has 0 amide bonds. The van der Waals surface area contributed by atoms with E-state index in [0.717, 1.165) is 25.2 Å². The van der Waals surface area contributed by atoms with E-state index in [-0.39, 0.29) is 6.04 Å². The fourth-order valence-electron chi connectivity index (χ4n) is 2.40. The molecule has 120 valence electrons. The summed E-state index contributed by atoms with van der Waals surface area (Å²) in [7, 11) is 0. The normalized spacial score (nSPS) is 12.3. The molecule has 0 aliphatic rings. The smallest absolute Gasteiger partial charge is 0.119 e. The van der Waals surface area contributed by atoms with Crippen LogP contribution in [0, 0.1) is 0 Å². The molecule has 2 nitrogen and oxygen atoms in total. The van der Waals surface area contributed by atoms with Crippen LogP contribution >= 0.6 is 0 Å². The average molecular weight is 291 g/mol. The molecule has 1 aromatic rings. The highest BCUT2D eigenvalue weighted by Gasteiger charge is 1.99. The molecule has 0 radical (unpaired) electrons. The second-order valence-corrected chi connectivity index (χ2v) is 6.13. The number of unbranched alkanes of at least 4 members (excludes halogenated alkanes) is 6.